The zero-order valence-electron chi connectivity index (χ0n) is 12.4. The van der Waals surface area contributed by atoms with E-state index >= 15 is 0 Å². The molecule has 1 aromatic rings. The van der Waals surface area contributed by atoms with Crippen molar-refractivity contribution in [1.82, 2.24) is 0 Å². The van der Waals surface area contributed by atoms with Gasteiger partial charge in [-0.1, -0.05) is 24.6 Å². The molecule has 0 bridgehead atoms. The van der Waals surface area contributed by atoms with Crippen molar-refractivity contribution in [3.63, 3.8) is 0 Å². The molecular formula is C14H24NO3S+. The Morgan fingerprint density at radius 2 is 1.68 bits per heavy atom. The summed E-state index contributed by atoms with van der Waals surface area (Å²) in [6.45, 7) is 4.51. The minimum Gasteiger partial charge on any atom is -0.329 e. The van der Waals surface area contributed by atoms with E-state index < -0.39 is 10.1 Å². The van der Waals surface area contributed by atoms with E-state index in [0.29, 0.717) is 17.4 Å². The van der Waals surface area contributed by atoms with Gasteiger partial charge in [0.15, 0.2) is 0 Å². The van der Waals surface area contributed by atoms with Gasteiger partial charge in [-0.05, 0) is 25.5 Å². The molecule has 0 amide bonds. The third kappa shape index (κ3) is 5.30. The van der Waals surface area contributed by atoms with Crippen molar-refractivity contribution in [3.8, 4) is 0 Å². The minimum absolute atomic E-state index is 0.220. The van der Waals surface area contributed by atoms with E-state index in [1.807, 2.05) is 35.0 Å². The Bertz CT molecular complexity index is 500. The number of nitrogens with zero attached hydrogens (tertiary/aromatic N) is 1. The third-order valence-corrected chi connectivity index (χ3v) is 4.15. The summed E-state index contributed by atoms with van der Waals surface area (Å²) in [7, 11) is 2.38. The van der Waals surface area contributed by atoms with E-state index in [9.17, 15) is 8.42 Å². The summed E-state index contributed by atoms with van der Waals surface area (Å²) in [5, 5.41) is 0. The van der Waals surface area contributed by atoms with E-state index in [4.69, 9.17) is 4.18 Å². The molecule has 1 aromatic carbocycles. The molecule has 108 valence electrons. The van der Waals surface area contributed by atoms with Crippen LogP contribution in [0.3, 0.4) is 0 Å². The topological polar surface area (TPSA) is 43.4 Å². The highest BCUT2D eigenvalue weighted by atomic mass is 32.2. The van der Waals surface area contributed by atoms with E-state index in [0.717, 1.165) is 5.56 Å². The van der Waals surface area contributed by atoms with Crippen LogP contribution >= 0.6 is 0 Å². The maximum Gasteiger partial charge on any atom is 0.297 e. The van der Waals surface area contributed by atoms with Gasteiger partial charge >= 0.3 is 0 Å². The molecule has 0 aliphatic rings. The monoisotopic (exact) mass is 286 g/mol. The molecular weight excluding hydrogens is 262 g/mol. The first-order chi connectivity index (χ1) is 8.64. The van der Waals surface area contributed by atoms with E-state index in [-0.39, 0.29) is 11.0 Å². The molecule has 0 aromatic heterocycles. The molecule has 1 atom stereocenters. The molecule has 0 saturated carbocycles. The van der Waals surface area contributed by atoms with Crippen LogP contribution < -0.4 is 0 Å². The molecule has 1 unspecified atom stereocenters. The lowest BCUT2D eigenvalue weighted by Gasteiger charge is -2.28. The fourth-order valence-corrected chi connectivity index (χ4v) is 2.91. The number of hydrogen-bond donors (Lipinski definition) is 0. The van der Waals surface area contributed by atoms with Crippen LogP contribution in [0, 0.1) is 6.92 Å². The summed E-state index contributed by atoms with van der Waals surface area (Å²) in [5.41, 5.74) is 1.03. The molecule has 0 saturated heterocycles. The largest absolute Gasteiger partial charge is 0.329 e. The van der Waals surface area contributed by atoms with Gasteiger partial charge in [-0.2, -0.15) is 8.42 Å². The Hall–Kier alpha value is -0.910. The van der Waals surface area contributed by atoms with Gasteiger partial charge in [0.25, 0.3) is 10.1 Å². The average Bonchev–Trinajstić information content (AvgIpc) is 2.26. The standard InChI is InChI=1S/C14H24NO3S/c1-6-13(11-15(3,4)5)18-19(16,17)14-9-7-12(2)8-10-14/h7-10,13H,6,11H2,1-5H3/q+1. The Morgan fingerprint density at radius 3 is 2.11 bits per heavy atom. The lowest BCUT2D eigenvalue weighted by atomic mass is 10.2. The van der Waals surface area contributed by atoms with Crippen molar-refractivity contribution < 1.29 is 17.1 Å². The van der Waals surface area contributed by atoms with Crippen LogP contribution in [-0.4, -0.2) is 46.7 Å². The molecule has 1 rings (SSSR count). The molecule has 4 nitrogen and oxygen atoms in total. The molecule has 0 aliphatic heterocycles. The SMILES string of the molecule is CCC(C[N+](C)(C)C)OS(=O)(=O)c1ccc(C)cc1. The van der Waals surface area contributed by atoms with Gasteiger partial charge in [0.05, 0.1) is 26.0 Å². The molecule has 0 aliphatic carbocycles. The van der Waals surface area contributed by atoms with Crippen molar-refractivity contribution in [3.05, 3.63) is 29.8 Å². The first-order valence-electron chi connectivity index (χ1n) is 6.44. The van der Waals surface area contributed by atoms with Crippen molar-refractivity contribution in [2.75, 3.05) is 27.7 Å². The Kier molecular flexibility index (Phi) is 5.12. The first kappa shape index (κ1) is 16.1. The summed E-state index contributed by atoms with van der Waals surface area (Å²) in [5.74, 6) is 0. The second-order valence-corrected chi connectivity index (χ2v) is 7.44. The minimum atomic E-state index is -3.67. The summed E-state index contributed by atoms with van der Waals surface area (Å²) >= 11 is 0. The summed E-state index contributed by atoms with van der Waals surface area (Å²) in [4.78, 5) is 0.220. The van der Waals surface area contributed by atoms with E-state index in [1.165, 1.54) is 0 Å². The fourth-order valence-electron chi connectivity index (χ4n) is 1.78. The van der Waals surface area contributed by atoms with Crippen LogP contribution in [0.1, 0.15) is 18.9 Å². The van der Waals surface area contributed by atoms with Gasteiger partial charge < -0.3 is 4.48 Å². The maximum atomic E-state index is 12.2. The quantitative estimate of drug-likeness (QED) is 0.595. The van der Waals surface area contributed by atoms with Crippen molar-refractivity contribution >= 4 is 10.1 Å². The second kappa shape index (κ2) is 6.03. The van der Waals surface area contributed by atoms with Gasteiger partial charge in [-0.25, -0.2) is 0 Å². The Labute approximate surface area is 116 Å². The van der Waals surface area contributed by atoms with Crippen LogP contribution in [0.25, 0.3) is 0 Å². The lowest BCUT2D eigenvalue weighted by Crippen LogP contribution is -2.42. The predicted octanol–water partition coefficient (Wildman–Crippen LogP) is 2.19. The zero-order valence-corrected chi connectivity index (χ0v) is 13.2. The smallest absolute Gasteiger partial charge is 0.297 e. The first-order valence-corrected chi connectivity index (χ1v) is 7.85. The summed E-state index contributed by atoms with van der Waals surface area (Å²) in [6.07, 6.45) is 0.368. The van der Waals surface area contributed by atoms with Crippen LogP contribution in [0.5, 0.6) is 0 Å². The number of likely N-dealkylation sites (N-methyl/N-ethyl adjacent to an activating group) is 1. The molecule has 5 heteroatoms. The summed E-state index contributed by atoms with van der Waals surface area (Å²) < 4.78 is 30.4. The highest BCUT2D eigenvalue weighted by Crippen LogP contribution is 2.17. The molecule has 0 N–H and O–H groups in total. The fraction of sp³-hybridized carbons (Fsp3) is 0.571. The van der Waals surface area contributed by atoms with Crippen LogP contribution in [0.15, 0.2) is 29.2 Å². The number of quaternary nitrogens is 1. The zero-order chi connectivity index (χ0) is 14.7. The molecule has 0 radical (unpaired) electrons. The Balaban J connectivity index is 2.86. The van der Waals surface area contributed by atoms with Gasteiger partial charge in [0.2, 0.25) is 0 Å². The predicted molar refractivity (Wildman–Crippen MR) is 76.4 cm³/mol. The molecule has 19 heavy (non-hydrogen) atoms. The third-order valence-electron chi connectivity index (χ3n) is 2.78. The molecule has 0 spiro atoms. The average molecular weight is 286 g/mol. The van der Waals surface area contributed by atoms with Gasteiger partial charge in [-0.3, -0.25) is 4.18 Å². The highest BCUT2D eigenvalue weighted by Gasteiger charge is 2.25. The molecule has 0 heterocycles. The number of hydrogen-bond acceptors (Lipinski definition) is 3. The van der Waals surface area contributed by atoms with Crippen LogP contribution in [-0.2, 0) is 14.3 Å². The Morgan fingerprint density at radius 1 is 1.16 bits per heavy atom. The maximum absolute atomic E-state index is 12.2. The van der Waals surface area contributed by atoms with Gasteiger partial charge in [0.1, 0.15) is 12.6 Å². The van der Waals surface area contributed by atoms with Gasteiger partial charge in [0, 0.05) is 0 Å². The number of rotatable bonds is 6. The van der Waals surface area contributed by atoms with Crippen molar-refractivity contribution in [1.29, 1.82) is 0 Å². The molecule has 0 fully saturated rings. The van der Waals surface area contributed by atoms with E-state index in [2.05, 4.69) is 0 Å². The van der Waals surface area contributed by atoms with Gasteiger partial charge in [-0.15, -0.1) is 0 Å². The van der Waals surface area contributed by atoms with E-state index in [1.54, 1.807) is 24.3 Å². The summed E-state index contributed by atoms with van der Waals surface area (Å²) in [6, 6.07) is 6.72. The second-order valence-electron chi connectivity index (χ2n) is 5.87. The van der Waals surface area contributed by atoms with Crippen molar-refractivity contribution in [2.24, 2.45) is 0 Å². The lowest BCUT2D eigenvalue weighted by molar-refractivity contribution is -0.873. The highest BCUT2D eigenvalue weighted by molar-refractivity contribution is 7.86. The number of benzene rings is 1. The van der Waals surface area contributed by atoms with Crippen molar-refractivity contribution in [2.45, 2.75) is 31.3 Å². The normalized spacial score (nSPS) is 14.4. The van der Waals surface area contributed by atoms with Crippen LogP contribution in [0.4, 0.5) is 0 Å². The number of aryl methyl sites for hydroxylation is 1. The van der Waals surface area contributed by atoms with Crippen LogP contribution in [0.2, 0.25) is 0 Å².